The summed E-state index contributed by atoms with van der Waals surface area (Å²) in [4.78, 5) is 16.8. The Morgan fingerprint density at radius 3 is 2.50 bits per heavy atom. The number of benzene rings is 1. The summed E-state index contributed by atoms with van der Waals surface area (Å²) in [5.41, 5.74) is 1.62. The van der Waals surface area contributed by atoms with E-state index in [1.54, 1.807) is 10.9 Å². The summed E-state index contributed by atoms with van der Waals surface area (Å²) in [6, 6.07) is 9.85. The highest BCUT2D eigenvalue weighted by Gasteiger charge is 2.24. The van der Waals surface area contributed by atoms with Crippen LogP contribution in [-0.2, 0) is 7.05 Å². The van der Waals surface area contributed by atoms with E-state index in [0.717, 1.165) is 44.2 Å². The molecule has 6 heteroatoms. The van der Waals surface area contributed by atoms with E-state index in [9.17, 15) is 4.79 Å². The molecule has 1 aliphatic rings. The summed E-state index contributed by atoms with van der Waals surface area (Å²) in [5, 5.41) is 4.16. The SMILES string of the molecule is Cc1c(C(=O)N2CCN(CCOc3ccccc3)CC2)cnn1C. The summed E-state index contributed by atoms with van der Waals surface area (Å²) >= 11 is 0. The van der Waals surface area contributed by atoms with Crippen LogP contribution in [0.25, 0.3) is 0 Å². The van der Waals surface area contributed by atoms with Crippen LogP contribution in [0.2, 0.25) is 0 Å². The van der Waals surface area contributed by atoms with Crippen molar-refractivity contribution in [2.24, 2.45) is 7.05 Å². The van der Waals surface area contributed by atoms with E-state index < -0.39 is 0 Å². The van der Waals surface area contributed by atoms with Crippen molar-refractivity contribution in [3.05, 3.63) is 47.8 Å². The van der Waals surface area contributed by atoms with Crippen LogP contribution in [0.3, 0.4) is 0 Å². The number of aromatic nitrogens is 2. The number of nitrogens with zero attached hydrogens (tertiary/aromatic N) is 4. The molecule has 1 aromatic carbocycles. The first-order valence-corrected chi connectivity index (χ1v) is 8.33. The fourth-order valence-corrected chi connectivity index (χ4v) is 2.86. The van der Waals surface area contributed by atoms with Crippen molar-refractivity contribution in [1.29, 1.82) is 0 Å². The molecule has 0 radical (unpaired) electrons. The normalized spacial score (nSPS) is 15.5. The van der Waals surface area contributed by atoms with Crippen molar-refractivity contribution in [2.75, 3.05) is 39.3 Å². The number of amides is 1. The van der Waals surface area contributed by atoms with Gasteiger partial charge in [-0.25, -0.2) is 0 Å². The Morgan fingerprint density at radius 1 is 1.17 bits per heavy atom. The highest BCUT2D eigenvalue weighted by molar-refractivity contribution is 5.95. The van der Waals surface area contributed by atoms with Gasteiger partial charge in [-0.05, 0) is 19.1 Å². The minimum absolute atomic E-state index is 0.0841. The Labute approximate surface area is 142 Å². The number of ether oxygens (including phenoxy) is 1. The predicted molar refractivity (Wildman–Crippen MR) is 92.2 cm³/mol. The largest absolute Gasteiger partial charge is 0.492 e. The Hall–Kier alpha value is -2.34. The van der Waals surface area contributed by atoms with Gasteiger partial charge in [0, 0.05) is 45.5 Å². The smallest absolute Gasteiger partial charge is 0.257 e. The summed E-state index contributed by atoms with van der Waals surface area (Å²) in [6.45, 7) is 6.73. The molecule has 1 aromatic heterocycles. The van der Waals surface area contributed by atoms with Crippen LogP contribution in [0, 0.1) is 6.92 Å². The molecule has 2 heterocycles. The third-order valence-electron chi connectivity index (χ3n) is 4.54. The second-order valence-corrected chi connectivity index (χ2v) is 6.06. The average molecular weight is 328 g/mol. The molecule has 0 spiro atoms. The van der Waals surface area contributed by atoms with Gasteiger partial charge in [0.1, 0.15) is 12.4 Å². The zero-order valence-corrected chi connectivity index (χ0v) is 14.3. The van der Waals surface area contributed by atoms with Crippen molar-refractivity contribution in [3.8, 4) is 5.75 Å². The number of hydrogen-bond donors (Lipinski definition) is 0. The molecule has 0 aliphatic carbocycles. The molecule has 0 unspecified atom stereocenters. The number of para-hydroxylation sites is 1. The topological polar surface area (TPSA) is 50.6 Å². The zero-order valence-electron chi connectivity index (χ0n) is 14.3. The van der Waals surface area contributed by atoms with E-state index in [1.807, 2.05) is 49.2 Å². The van der Waals surface area contributed by atoms with Crippen LogP contribution >= 0.6 is 0 Å². The molecule has 24 heavy (non-hydrogen) atoms. The van der Waals surface area contributed by atoms with Gasteiger partial charge < -0.3 is 9.64 Å². The third-order valence-corrected chi connectivity index (χ3v) is 4.54. The van der Waals surface area contributed by atoms with Crippen LogP contribution in [0.5, 0.6) is 5.75 Å². The number of rotatable bonds is 5. The summed E-state index contributed by atoms with van der Waals surface area (Å²) in [7, 11) is 1.86. The summed E-state index contributed by atoms with van der Waals surface area (Å²) in [5.74, 6) is 0.985. The van der Waals surface area contributed by atoms with E-state index in [1.165, 1.54) is 0 Å². The number of carbonyl (C=O) groups is 1. The van der Waals surface area contributed by atoms with Gasteiger partial charge in [0.05, 0.1) is 11.8 Å². The maximum absolute atomic E-state index is 12.6. The van der Waals surface area contributed by atoms with Crippen molar-refractivity contribution in [2.45, 2.75) is 6.92 Å². The fraction of sp³-hybridized carbons (Fsp3) is 0.444. The van der Waals surface area contributed by atoms with Crippen LogP contribution in [-0.4, -0.2) is 64.8 Å². The van der Waals surface area contributed by atoms with Gasteiger partial charge in [-0.15, -0.1) is 0 Å². The molecule has 1 saturated heterocycles. The minimum atomic E-state index is 0.0841. The first-order valence-electron chi connectivity index (χ1n) is 8.33. The maximum Gasteiger partial charge on any atom is 0.257 e. The van der Waals surface area contributed by atoms with Gasteiger partial charge in [0.15, 0.2) is 0 Å². The molecule has 0 saturated carbocycles. The van der Waals surface area contributed by atoms with Crippen molar-refractivity contribution >= 4 is 5.91 Å². The lowest BCUT2D eigenvalue weighted by atomic mass is 10.2. The molecule has 128 valence electrons. The Morgan fingerprint density at radius 2 is 1.88 bits per heavy atom. The molecule has 1 fully saturated rings. The van der Waals surface area contributed by atoms with Gasteiger partial charge in [0.25, 0.3) is 5.91 Å². The Balaban J connectivity index is 1.44. The van der Waals surface area contributed by atoms with Gasteiger partial charge in [-0.1, -0.05) is 18.2 Å². The molecule has 0 atom stereocenters. The van der Waals surface area contributed by atoms with E-state index in [4.69, 9.17) is 4.74 Å². The quantitative estimate of drug-likeness (QED) is 0.836. The molecule has 3 rings (SSSR count). The monoisotopic (exact) mass is 328 g/mol. The van der Waals surface area contributed by atoms with Crippen molar-refractivity contribution in [3.63, 3.8) is 0 Å². The molecular weight excluding hydrogens is 304 g/mol. The van der Waals surface area contributed by atoms with Crippen LogP contribution in [0.15, 0.2) is 36.5 Å². The summed E-state index contributed by atoms with van der Waals surface area (Å²) < 4.78 is 7.48. The van der Waals surface area contributed by atoms with E-state index in [2.05, 4.69) is 10.00 Å². The molecular formula is C18H24N4O2. The summed E-state index contributed by atoms with van der Waals surface area (Å²) in [6.07, 6.45) is 1.66. The first kappa shape index (κ1) is 16.5. The predicted octanol–water partition coefficient (Wildman–Crippen LogP) is 1.57. The van der Waals surface area contributed by atoms with Gasteiger partial charge in [-0.2, -0.15) is 5.10 Å². The first-order chi connectivity index (χ1) is 11.6. The average Bonchev–Trinajstić information content (AvgIpc) is 2.95. The number of carbonyl (C=O) groups excluding carboxylic acids is 1. The molecule has 0 bridgehead atoms. The number of hydrogen-bond acceptors (Lipinski definition) is 4. The molecule has 1 amide bonds. The van der Waals surface area contributed by atoms with Gasteiger partial charge >= 0.3 is 0 Å². The van der Waals surface area contributed by atoms with Gasteiger partial charge in [0.2, 0.25) is 0 Å². The maximum atomic E-state index is 12.6. The molecule has 6 nitrogen and oxygen atoms in total. The Kier molecular flexibility index (Phi) is 5.15. The molecule has 2 aromatic rings. The van der Waals surface area contributed by atoms with E-state index in [0.29, 0.717) is 12.2 Å². The van der Waals surface area contributed by atoms with E-state index in [-0.39, 0.29) is 5.91 Å². The second kappa shape index (κ2) is 7.49. The highest BCUT2D eigenvalue weighted by atomic mass is 16.5. The van der Waals surface area contributed by atoms with Gasteiger partial charge in [-0.3, -0.25) is 14.4 Å². The second-order valence-electron chi connectivity index (χ2n) is 6.06. The highest BCUT2D eigenvalue weighted by Crippen LogP contribution is 2.12. The molecule has 0 N–H and O–H groups in total. The van der Waals surface area contributed by atoms with Crippen LogP contribution in [0.1, 0.15) is 16.1 Å². The standard InChI is InChI=1S/C18H24N4O2/c1-15-17(14-19-20(15)2)18(23)22-10-8-21(9-11-22)12-13-24-16-6-4-3-5-7-16/h3-7,14H,8-13H2,1-2H3. The van der Waals surface area contributed by atoms with Crippen LogP contribution in [0.4, 0.5) is 0 Å². The third kappa shape index (κ3) is 3.76. The minimum Gasteiger partial charge on any atom is -0.492 e. The van der Waals surface area contributed by atoms with E-state index >= 15 is 0 Å². The molecule has 1 aliphatic heterocycles. The lowest BCUT2D eigenvalue weighted by Gasteiger charge is -2.34. The zero-order chi connectivity index (χ0) is 16.9. The van der Waals surface area contributed by atoms with Crippen molar-refractivity contribution < 1.29 is 9.53 Å². The van der Waals surface area contributed by atoms with Crippen molar-refractivity contribution in [1.82, 2.24) is 19.6 Å². The fourth-order valence-electron chi connectivity index (χ4n) is 2.86. The van der Waals surface area contributed by atoms with Crippen LogP contribution < -0.4 is 4.74 Å². The number of aryl methyl sites for hydroxylation is 1. The lowest BCUT2D eigenvalue weighted by Crippen LogP contribution is -2.49. The Bertz CT molecular complexity index is 676. The lowest BCUT2D eigenvalue weighted by molar-refractivity contribution is 0.0619. The number of piperazine rings is 1.